The first-order valence-electron chi connectivity index (χ1n) is 9.82. The van der Waals surface area contributed by atoms with Gasteiger partial charge in [-0.1, -0.05) is 0 Å². The highest BCUT2D eigenvalue weighted by Crippen LogP contribution is 2.27. The zero-order chi connectivity index (χ0) is 20.0. The van der Waals surface area contributed by atoms with E-state index in [0.717, 1.165) is 53.1 Å². The van der Waals surface area contributed by atoms with E-state index in [-0.39, 0.29) is 6.04 Å². The number of pyridine rings is 1. The van der Waals surface area contributed by atoms with Gasteiger partial charge in [0.25, 0.3) is 0 Å². The van der Waals surface area contributed by atoms with Crippen molar-refractivity contribution in [3.8, 4) is 11.3 Å². The normalized spacial score (nSPS) is 19.0. The van der Waals surface area contributed by atoms with Gasteiger partial charge in [0.2, 0.25) is 5.95 Å². The van der Waals surface area contributed by atoms with E-state index in [9.17, 15) is 0 Å². The number of fused-ring (bicyclic) bond motifs is 2. The largest absolute Gasteiger partial charge is 0.383 e. The Bertz CT molecular complexity index is 1170. The van der Waals surface area contributed by atoms with Crippen LogP contribution in [0.1, 0.15) is 18.7 Å². The average Bonchev–Trinajstić information content (AvgIpc) is 3.24. The van der Waals surface area contributed by atoms with Crippen molar-refractivity contribution in [2.75, 3.05) is 19.0 Å². The molecule has 9 nitrogen and oxygen atoms in total. The number of nitrogens with one attached hydrogen (secondary N) is 1. The zero-order valence-corrected chi connectivity index (χ0v) is 16.5. The van der Waals surface area contributed by atoms with E-state index in [2.05, 4.69) is 25.0 Å². The Balaban J connectivity index is 1.49. The molecule has 9 heteroatoms. The fraction of sp³-hybridized carbons (Fsp3) is 0.400. The summed E-state index contributed by atoms with van der Waals surface area (Å²) >= 11 is 0. The van der Waals surface area contributed by atoms with Crippen molar-refractivity contribution in [1.82, 2.24) is 29.1 Å². The lowest BCUT2D eigenvalue weighted by atomic mass is 9.88. The van der Waals surface area contributed by atoms with Crippen LogP contribution in [0.5, 0.6) is 0 Å². The summed E-state index contributed by atoms with van der Waals surface area (Å²) in [5.41, 5.74) is 10.4. The van der Waals surface area contributed by atoms with Gasteiger partial charge in [-0.15, -0.1) is 5.10 Å². The quantitative estimate of drug-likeness (QED) is 0.517. The van der Waals surface area contributed by atoms with Crippen LogP contribution in [0.2, 0.25) is 0 Å². The lowest BCUT2D eigenvalue weighted by Gasteiger charge is -2.32. The van der Waals surface area contributed by atoms with Gasteiger partial charge in [-0.3, -0.25) is 0 Å². The van der Waals surface area contributed by atoms with Crippen molar-refractivity contribution >= 4 is 22.6 Å². The van der Waals surface area contributed by atoms with Gasteiger partial charge in [-0.25, -0.2) is 19.5 Å². The summed E-state index contributed by atoms with van der Waals surface area (Å²) in [6.45, 7) is 3.32. The molecule has 4 heterocycles. The lowest BCUT2D eigenvalue weighted by Crippen LogP contribution is -2.44. The van der Waals surface area contributed by atoms with Gasteiger partial charge in [-0.05, 0) is 38.0 Å². The van der Waals surface area contributed by atoms with E-state index in [1.807, 2.05) is 42.0 Å². The third-order valence-electron chi connectivity index (χ3n) is 5.50. The standard InChI is InChI=1S/C20H24N8O/c1-12-23-17-4-3-16(25-19(17)27(12)7-8-29-2)15-5-6-28-18(15)11-22-20(26-28)24-14-9-13(21)10-14/h3-6,11,13-14H,7-10,21H2,1-2H3,(H,24,26)/t13-,14+. The SMILES string of the molecule is COCCn1c(C)nc2ccc(-c3ccn4nc(N[C@H]5C[C@@H](N)C5)ncc34)nc21. The van der Waals surface area contributed by atoms with Crippen LogP contribution < -0.4 is 11.1 Å². The molecule has 0 bridgehead atoms. The molecule has 0 spiro atoms. The average molecular weight is 392 g/mol. The minimum Gasteiger partial charge on any atom is -0.383 e. The maximum Gasteiger partial charge on any atom is 0.241 e. The smallest absolute Gasteiger partial charge is 0.241 e. The third-order valence-corrected chi connectivity index (χ3v) is 5.50. The number of imidazole rings is 1. The first kappa shape index (κ1) is 18.0. The Labute approximate surface area is 167 Å². The molecular weight excluding hydrogens is 368 g/mol. The van der Waals surface area contributed by atoms with Gasteiger partial charge in [0.05, 0.1) is 24.0 Å². The third kappa shape index (κ3) is 3.22. The number of nitrogens with zero attached hydrogens (tertiary/aromatic N) is 6. The number of aromatic nitrogens is 6. The molecule has 3 N–H and O–H groups in total. The van der Waals surface area contributed by atoms with Crippen molar-refractivity contribution in [2.24, 2.45) is 5.73 Å². The maximum absolute atomic E-state index is 5.85. The Morgan fingerprint density at radius 3 is 2.90 bits per heavy atom. The van der Waals surface area contributed by atoms with Crippen molar-refractivity contribution in [3.63, 3.8) is 0 Å². The van der Waals surface area contributed by atoms with Crippen LogP contribution >= 0.6 is 0 Å². The lowest BCUT2D eigenvalue weighted by molar-refractivity contribution is 0.187. The number of anilines is 1. The second-order valence-electron chi connectivity index (χ2n) is 7.56. The summed E-state index contributed by atoms with van der Waals surface area (Å²) in [6, 6.07) is 6.67. The molecule has 4 aromatic rings. The number of aryl methyl sites for hydroxylation is 1. The minimum absolute atomic E-state index is 0.288. The molecule has 0 amide bonds. The van der Waals surface area contributed by atoms with Crippen LogP contribution in [-0.4, -0.2) is 54.9 Å². The molecule has 1 aliphatic rings. The predicted molar refractivity (Wildman–Crippen MR) is 111 cm³/mol. The minimum atomic E-state index is 0.288. The highest BCUT2D eigenvalue weighted by molar-refractivity contribution is 5.82. The van der Waals surface area contributed by atoms with Crippen LogP contribution in [-0.2, 0) is 11.3 Å². The van der Waals surface area contributed by atoms with E-state index in [4.69, 9.17) is 15.5 Å². The van der Waals surface area contributed by atoms with E-state index in [0.29, 0.717) is 18.6 Å². The molecule has 0 radical (unpaired) electrons. The molecular formula is C20H24N8O. The van der Waals surface area contributed by atoms with Gasteiger partial charge >= 0.3 is 0 Å². The van der Waals surface area contributed by atoms with Gasteiger partial charge in [0.1, 0.15) is 11.3 Å². The van der Waals surface area contributed by atoms with E-state index in [1.165, 1.54) is 0 Å². The molecule has 0 aliphatic heterocycles. The Hall–Kier alpha value is -3.04. The molecule has 1 aliphatic carbocycles. The van der Waals surface area contributed by atoms with E-state index in [1.54, 1.807) is 7.11 Å². The Morgan fingerprint density at radius 2 is 2.10 bits per heavy atom. The summed E-state index contributed by atoms with van der Waals surface area (Å²) in [6.07, 6.45) is 5.68. The maximum atomic E-state index is 5.85. The van der Waals surface area contributed by atoms with Crippen LogP contribution in [0.4, 0.5) is 5.95 Å². The number of nitrogens with two attached hydrogens (primary N) is 1. The zero-order valence-electron chi connectivity index (χ0n) is 16.5. The first-order valence-corrected chi connectivity index (χ1v) is 9.82. The van der Waals surface area contributed by atoms with Crippen molar-refractivity contribution in [2.45, 2.75) is 38.4 Å². The molecule has 1 fully saturated rings. The van der Waals surface area contributed by atoms with Crippen LogP contribution in [0.3, 0.4) is 0 Å². The van der Waals surface area contributed by atoms with Crippen molar-refractivity contribution in [3.05, 3.63) is 36.4 Å². The highest BCUT2D eigenvalue weighted by atomic mass is 16.5. The predicted octanol–water partition coefficient (Wildman–Crippen LogP) is 2.00. The molecule has 4 aromatic heterocycles. The first-order chi connectivity index (χ1) is 14.1. The van der Waals surface area contributed by atoms with E-state index < -0.39 is 0 Å². The van der Waals surface area contributed by atoms with Crippen molar-refractivity contribution in [1.29, 1.82) is 0 Å². The van der Waals surface area contributed by atoms with Gasteiger partial charge in [0.15, 0.2) is 5.65 Å². The number of methoxy groups -OCH3 is 1. The second-order valence-corrected chi connectivity index (χ2v) is 7.56. The fourth-order valence-corrected chi connectivity index (χ4v) is 3.86. The molecule has 0 atom stereocenters. The molecule has 150 valence electrons. The summed E-state index contributed by atoms with van der Waals surface area (Å²) < 4.78 is 9.15. The molecule has 0 saturated heterocycles. The highest BCUT2D eigenvalue weighted by Gasteiger charge is 2.26. The summed E-state index contributed by atoms with van der Waals surface area (Å²) in [5, 5.41) is 7.93. The summed E-state index contributed by atoms with van der Waals surface area (Å²) in [4.78, 5) is 14.0. The number of hydrogen-bond donors (Lipinski definition) is 2. The number of rotatable bonds is 6. The van der Waals surface area contributed by atoms with Gasteiger partial charge in [0, 0.05) is 37.5 Å². The molecule has 0 unspecified atom stereocenters. The van der Waals surface area contributed by atoms with E-state index >= 15 is 0 Å². The van der Waals surface area contributed by atoms with Gasteiger partial charge in [-0.2, -0.15) is 0 Å². The molecule has 29 heavy (non-hydrogen) atoms. The van der Waals surface area contributed by atoms with Crippen LogP contribution in [0.25, 0.3) is 27.9 Å². The second kappa shape index (κ2) is 7.09. The van der Waals surface area contributed by atoms with Gasteiger partial charge < -0.3 is 20.4 Å². The van der Waals surface area contributed by atoms with Crippen molar-refractivity contribution < 1.29 is 4.74 Å². The number of hydrogen-bond acceptors (Lipinski definition) is 7. The van der Waals surface area contributed by atoms with Crippen LogP contribution in [0.15, 0.2) is 30.6 Å². The fourth-order valence-electron chi connectivity index (χ4n) is 3.86. The monoisotopic (exact) mass is 392 g/mol. The van der Waals surface area contributed by atoms with Crippen LogP contribution in [0, 0.1) is 6.92 Å². The summed E-state index contributed by atoms with van der Waals surface area (Å²) in [5.74, 6) is 1.55. The molecule has 0 aromatic carbocycles. The topological polar surface area (TPSA) is 108 Å². The summed E-state index contributed by atoms with van der Waals surface area (Å²) in [7, 11) is 1.70. The molecule has 1 saturated carbocycles. The molecule has 5 rings (SSSR count). The Morgan fingerprint density at radius 1 is 1.24 bits per heavy atom. The number of ether oxygens (including phenoxy) is 1. The Kier molecular flexibility index (Phi) is 4.40.